The lowest BCUT2D eigenvalue weighted by molar-refractivity contribution is 0.0778. The first-order chi connectivity index (χ1) is 13.3. The van der Waals surface area contributed by atoms with Crippen LogP contribution in [0, 0.1) is 19.7 Å². The summed E-state index contributed by atoms with van der Waals surface area (Å²) in [5, 5.41) is 12.6. The van der Waals surface area contributed by atoms with Crippen LogP contribution in [0.4, 0.5) is 4.39 Å². The standard InChI is InChI=1S/C20H25FN6O/c1-6-19(15-7-9-16(21)10-8-15)27-12-18(22-24-27)20(28)25(4)11-17-13(2)23-26(5)14(17)3/h7-10,12,19H,6,11H2,1-5H3/t19-/m0/s1. The number of amides is 1. The average molecular weight is 384 g/mol. The highest BCUT2D eigenvalue weighted by Crippen LogP contribution is 2.22. The molecule has 2 aromatic heterocycles. The Hall–Kier alpha value is -3.03. The number of hydrogen-bond donors (Lipinski definition) is 0. The molecular weight excluding hydrogens is 359 g/mol. The van der Waals surface area contributed by atoms with Gasteiger partial charge in [-0.15, -0.1) is 5.10 Å². The molecule has 0 aliphatic rings. The van der Waals surface area contributed by atoms with E-state index in [-0.39, 0.29) is 23.5 Å². The van der Waals surface area contributed by atoms with E-state index in [0.29, 0.717) is 6.54 Å². The molecule has 8 heteroatoms. The molecular formula is C20H25FN6O. The Balaban J connectivity index is 1.78. The number of aromatic nitrogens is 5. The topological polar surface area (TPSA) is 68.8 Å². The number of hydrogen-bond acceptors (Lipinski definition) is 4. The van der Waals surface area contributed by atoms with Crippen molar-refractivity contribution in [3.63, 3.8) is 0 Å². The fourth-order valence-electron chi connectivity index (χ4n) is 3.34. The van der Waals surface area contributed by atoms with Crippen molar-refractivity contribution < 1.29 is 9.18 Å². The monoisotopic (exact) mass is 384 g/mol. The first-order valence-electron chi connectivity index (χ1n) is 9.23. The van der Waals surface area contributed by atoms with Crippen LogP contribution in [-0.4, -0.2) is 42.6 Å². The number of benzene rings is 1. The maximum atomic E-state index is 13.2. The van der Waals surface area contributed by atoms with Gasteiger partial charge in [-0.1, -0.05) is 24.3 Å². The Morgan fingerprint density at radius 3 is 2.50 bits per heavy atom. The molecule has 7 nitrogen and oxygen atoms in total. The molecule has 0 radical (unpaired) electrons. The Morgan fingerprint density at radius 1 is 1.25 bits per heavy atom. The third-order valence-electron chi connectivity index (χ3n) is 5.09. The van der Waals surface area contributed by atoms with Crippen molar-refractivity contribution >= 4 is 5.91 Å². The van der Waals surface area contributed by atoms with Gasteiger partial charge in [-0.05, 0) is 38.0 Å². The van der Waals surface area contributed by atoms with E-state index in [9.17, 15) is 9.18 Å². The normalized spacial score (nSPS) is 12.2. The Labute approximate surface area is 163 Å². The zero-order valence-corrected chi connectivity index (χ0v) is 16.8. The summed E-state index contributed by atoms with van der Waals surface area (Å²) in [5.41, 5.74) is 4.17. The van der Waals surface area contributed by atoms with Crippen LogP contribution in [0.25, 0.3) is 0 Å². The molecule has 0 spiro atoms. The summed E-state index contributed by atoms with van der Waals surface area (Å²) in [4.78, 5) is 14.4. The molecule has 3 rings (SSSR count). The van der Waals surface area contributed by atoms with Crippen molar-refractivity contribution in [2.75, 3.05) is 7.05 Å². The highest BCUT2D eigenvalue weighted by Gasteiger charge is 2.21. The molecule has 0 N–H and O–H groups in total. The minimum Gasteiger partial charge on any atom is -0.336 e. The molecule has 0 bridgehead atoms. The van der Waals surface area contributed by atoms with Gasteiger partial charge in [0, 0.05) is 31.9 Å². The van der Waals surface area contributed by atoms with E-state index >= 15 is 0 Å². The van der Waals surface area contributed by atoms with E-state index in [4.69, 9.17) is 0 Å². The fraction of sp³-hybridized carbons (Fsp3) is 0.400. The minimum atomic E-state index is -0.282. The Kier molecular flexibility index (Phi) is 5.58. The number of rotatable bonds is 6. The zero-order chi connectivity index (χ0) is 20.4. The van der Waals surface area contributed by atoms with E-state index < -0.39 is 0 Å². The van der Waals surface area contributed by atoms with Gasteiger partial charge in [0.05, 0.1) is 17.9 Å². The number of aryl methyl sites for hydroxylation is 2. The quantitative estimate of drug-likeness (QED) is 0.655. The molecule has 0 saturated carbocycles. The molecule has 1 amide bonds. The minimum absolute atomic E-state index is 0.109. The number of carbonyl (C=O) groups excluding carboxylic acids is 1. The first-order valence-corrected chi connectivity index (χ1v) is 9.23. The van der Waals surface area contributed by atoms with Crippen molar-refractivity contribution in [1.82, 2.24) is 29.7 Å². The van der Waals surface area contributed by atoms with Gasteiger partial charge >= 0.3 is 0 Å². The van der Waals surface area contributed by atoms with Gasteiger partial charge in [0.25, 0.3) is 5.91 Å². The predicted molar refractivity (Wildman–Crippen MR) is 103 cm³/mol. The van der Waals surface area contributed by atoms with Gasteiger partial charge < -0.3 is 4.90 Å². The molecule has 3 aromatic rings. The first kappa shape index (κ1) is 19.7. The molecule has 1 atom stereocenters. The van der Waals surface area contributed by atoms with Gasteiger partial charge in [-0.25, -0.2) is 9.07 Å². The van der Waals surface area contributed by atoms with E-state index in [1.807, 2.05) is 32.5 Å². The summed E-state index contributed by atoms with van der Waals surface area (Å²) in [6.45, 7) is 6.38. The van der Waals surface area contributed by atoms with Gasteiger partial charge in [0.15, 0.2) is 5.69 Å². The maximum Gasteiger partial charge on any atom is 0.276 e. The summed E-state index contributed by atoms with van der Waals surface area (Å²) in [6, 6.07) is 6.20. The summed E-state index contributed by atoms with van der Waals surface area (Å²) >= 11 is 0. The lowest BCUT2D eigenvalue weighted by Gasteiger charge is -2.16. The summed E-state index contributed by atoms with van der Waals surface area (Å²) in [5.74, 6) is -0.487. The van der Waals surface area contributed by atoms with Crippen LogP contribution in [0.3, 0.4) is 0 Å². The predicted octanol–water partition coefficient (Wildman–Crippen LogP) is 3.04. The van der Waals surface area contributed by atoms with Crippen LogP contribution in [0.5, 0.6) is 0 Å². The summed E-state index contributed by atoms with van der Waals surface area (Å²) in [7, 11) is 3.63. The van der Waals surface area contributed by atoms with Gasteiger partial charge in [-0.3, -0.25) is 9.48 Å². The summed E-state index contributed by atoms with van der Waals surface area (Å²) < 4.78 is 16.7. The molecule has 0 aliphatic carbocycles. The number of carbonyl (C=O) groups is 1. The Morgan fingerprint density at radius 2 is 1.93 bits per heavy atom. The average Bonchev–Trinajstić information content (AvgIpc) is 3.24. The molecule has 0 aliphatic heterocycles. The second-order valence-electron chi connectivity index (χ2n) is 6.99. The third kappa shape index (κ3) is 3.81. The number of nitrogens with zero attached hydrogens (tertiary/aromatic N) is 6. The fourth-order valence-corrected chi connectivity index (χ4v) is 3.34. The molecule has 0 fully saturated rings. The lowest BCUT2D eigenvalue weighted by Crippen LogP contribution is -2.27. The van der Waals surface area contributed by atoms with Crippen molar-refractivity contribution in [2.45, 2.75) is 39.8 Å². The smallest absolute Gasteiger partial charge is 0.276 e. The van der Waals surface area contributed by atoms with Crippen LogP contribution in [0.2, 0.25) is 0 Å². The van der Waals surface area contributed by atoms with E-state index in [1.54, 1.807) is 35.0 Å². The van der Waals surface area contributed by atoms with Gasteiger partial charge in [-0.2, -0.15) is 5.10 Å². The second kappa shape index (κ2) is 7.92. The van der Waals surface area contributed by atoms with Crippen LogP contribution in [0.1, 0.15) is 52.4 Å². The van der Waals surface area contributed by atoms with Crippen molar-refractivity contribution in [3.05, 3.63) is 64.5 Å². The van der Waals surface area contributed by atoms with Gasteiger partial charge in [0.2, 0.25) is 0 Å². The maximum absolute atomic E-state index is 13.2. The highest BCUT2D eigenvalue weighted by atomic mass is 19.1. The second-order valence-corrected chi connectivity index (χ2v) is 6.99. The SMILES string of the molecule is CC[C@@H](c1ccc(F)cc1)n1cc(C(=O)N(C)Cc2c(C)nn(C)c2C)nn1. The van der Waals surface area contributed by atoms with E-state index in [1.165, 1.54) is 12.1 Å². The Bertz CT molecular complexity index is 975. The van der Waals surface area contributed by atoms with E-state index in [2.05, 4.69) is 15.4 Å². The van der Waals surface area contributed by atoms with Crippen LogP contribution >= 0.6 is 0 Å². The molecule has 148 valence electrons. The molecule has 0 saturated heterocycles. The molecule has 2 heterocycles. The third-order valence-corrected chi connectivity index (χ3v) is 5.09. The van der Waals surface area contributed by atoms with Crippen LogP contribution in [-0.2, 0) is 13.6 Å². The van der Waals surface area contributed by atoms with Crippen molar-refractivity contribution in [3.8, 4) is 0 Å². The molecule has 0 unspecified atom stereocenters. The molecule has 1 aromatic carbocycles. The van der Waals surface area contributed by atoms with Crippen molar-refractivity contribution in [1.29, 1.82) is 0 Å². The number of halogens is 1. The molecule has 28 heavy (non-hydrogen) atoms. The zero-order valence-electron chi connectivity index (χ0n) is 16.8. The summed E-state index contributed by atoms with van der Waals surface area (Å²) in [6.07, 6.45) is 2.39. The van der Waals surface area contributed by atoms with Gasteiger partial charge in [0.1, 0.15) is 5.82 Å². The van der Waals surface area contributed by atoms with Crippen LogP contribution < -0.4 is 0 Å². The lowest BCUT2D eigenvalue weighted by atomic mass is 10.0. The van der Waals surface area contributed by atoms with E-state index in [0.717, 1.165) is 28.9 Å². The van der Waals surface area contributed by atoms with Crippen molar-refractivity contribution in [2.24, 2.45) is 7.05 Å². The largest absolute Gasteiger partial charge is 0.336 e. The van der Waals surface area contributed by atoms with Crippen LogP contribution in [0.15, 0.2) is 30.5 Å². The highest BCUT2D eigenvalue weighted by molar-refractivity contribution is 5.91.